The molecule has 10 nitrogen and oxygen atoms in total. The molecule has 0 saturated heterocycles. The van der Waals surface area contributed by atoms with Gasteiger partial charge in [0.05, 0.1) is 10.9 Å². The molecule has 2 aromatic carbocycles. The van der Waals surface area contributed by atoms with E-state index in [1.807, 2.05) is 33.8 Å². The van der Waals surface area contributed by atoms with Crippen molar-refractivity contribution in [3.63, 3.8) is 0 Å². The Morgan fingerprint density at radius 2 is 1.38 bits per heavy atom. The second-order valence-electron chi connectivity index (χ2n) is 10.6. The summed E-state index contributed by atoms with van der Waals surface area (Å²) in [5, 5.41) is 15.1. The van der Waals surface area contributed by atoms with Crippen molar-refractivity contribution in [2.45, 2.75) is 65.1 Å². The van der Waals surface area contributed by atoms with E-state index in [9.17, 15) is 29.1 Å². The van der Waals surface area contributed by atoms with Crippen molar-refractivity contribution >= 4 is 28.7 Å². The summed E-state index contributed by atoms with van der Waals surface area (Å²) in [5.41, 5.74) is -0.310. The van der Waals surface area contributed by atoms with Crippen LogP contribution < -0.4 is 21.9 Å². The van der Waals surface area contributed by atoms with Gasteiger partial charge >= 0.3 is 11.7 Å². The van der Waals surface area contributed by atoms with Crippen LogP contribution in [0.15, 0.2) is 64.2 Å². The van der Waals surface area contributed by atoms with E-state index in [0.29, 0.717) is 11.1 Å². The van der Waals surface area contributed by atoms with Gasteiger partial charge in [-0.2, -0.15) is 0 Å². The Morgan fingerprint density at radius 3 is 2.00 bits per heavy atom. The third kappa shape index (κ3) is 7.66. The molecule has 2 amide bonds. The van der Waals surface area contributed by atoms with Crippen LogP contribution in [0.3, 0.4) is 0 Å². The van der Waals surface area contributed by atoms with E-state index in [-0.39, 0.29) is 36.5 Å². The van der Waals surface area contributed by atoms with Gasteiger partial charge in [-0.05, 0) is 42.4 Å². The Morgan fingerprint density at radius 1 is 0.821 bits per heavy atom. The van der Waals surface area contributed by atoms with E-state index in [4.69, 9.17) is 0 Å². The molecule has 3 rings (SSSR count). The number of nitrogens with zero attached hydrogens (tertiary/aromatic N) is 1. The van der Waals surface area contributed by atoms with E-state index in [1.54, 1.807) is 48.5 Å². The summed E-state index contributed by atoms with van der Waals surface area (Å²) in [6.07, 6.45) is 0.476. The fourth-order valence-electron chi connectivity index (χ4n) is 4.53. The average molecular weight is 537 g/mol. The lowest BCUT2D eigenvalue weighted by Crippen LogP contribution is -2.54. The first-order valence-corrected chi connectivity index (χ1v) is 13.1. The first kappa shape index (κ1) is 29.3. The Hall–Kier alpha value is -4.21. The van der Waals surface area contributed by atoms with Crippen molar-refractivity contribution in [2.24, 2.45) is 11.8 Å². The number of fused-ring (bicyclic) bond motifs is 1. The highest BCUT2D eigenvalue weighted by Crippen LogP contribution is 2.16. The van der Waals surface area contributed by atoms with Gasteiger partial charge in [0.15, 0.2) is 0 Å². The number of aromatic amines is 1. The zero-order valence-corrected chi connectivity index (χ0v) is 22.6. The summed E-state index contributed by atoms with van der Waals surface area (Å²) in [5.74, 6) is -2.50. The van der Waals surface area contributed by atoms with Crippen LogP contribution in [0.1, 0.15) is 52.1 Å². The number of nitrogens with one attached hydrogen (secondary N) is 3. The van der Waals surface area contributed by atoms with Crippen molar-refractivity contribution in [1.82, 2.24) is 20.2 Å². The zero-order chi connectivity index (χ0) is 28.7. The number of H-pyrrole nitrogens is 1. The molecule has 3 aromatic rings. The molecule has 0 fully saturated rings. The van der Waals surface area contributed by atoms with Crippen LogP contribution in [-0.2, 0) is 20.8 Å². The predicted molar refractivity (Wildman–Crippen MR) is 148 cm³/mol. The van der Waals surface area contributed by atoms with Gasteiger partial charge in [0, 0.05) is 6.42 Å². The fourth-order valence-corrected chi connectivity index (χ4v) is 4.53. The molecule has 0 radical (unpaired) electrons. The number of aromatic nitrogens is 2. The molecule has 0 spiro atoms. The number of hydrogen-bond donors (Lipinski definition) is 4. The van der Waals surface area contributed by atoms with Gasteiger partial charge in [-0.3, -0.25) is 14.4 Å². The van der Waals surface area contributed by atoms with E-state index in [1.165, 1.54) is 0 Å². The maximum absolute atomic E-state index is 13.8. The monoisotopic (exact) mass is 536 g/mol. The number of carbonyl (C=O) groups is 3. The minimum absolute atomic E-state index is 0.0196. The van der Waals surface area contributed by atoms with Crippen LogP contribution in [0.4, 0.5) is 0 Å². The lowest BCUT2D eigenvalue weighted by Gasteiger charge is -2.26. The van der Waals surface area contributed by atoms with Crippen LogP contribution in [0.5, 0.6) is 0 Å². The van der Waals surface area contributed by atoms with Crippen LogP contribution in [0.2, 0.25) is 0 Å². The normalized spacial score (nSPS) is 13.7. The predicted octanol–water partition coefficient (Wildman–Crippen LogP) is 2.62. The third-order valence-electron chi connectivity index (χ3n) is 6.38. The van der Waals surface area contributed by atoms with Gasteiger partial charge in [0.1, 0.15) is 18.1 Å². The molecule has 0 bridgehead atoms. The standard InChI is InChI=1S/C29H36N4O6/c1-17(2)14-22(25(34)31-23(28(37)38)15-18(3)4)30-26(35)24(16-19-10-6-5-7-11-19)33-27(36)20-12-8-9-13-21(20)32-29(33)39/h5-13,17-18,22-24H,14-16H2,1-4H3,(H,30,35)(H,31,34)(H,32,39)(H,37,38)/t22-,23-,24-/m0/s1. The minimum atomic E-state index is -1.26. The van der Waals surface area contributed by atoms with Crippen molar-refractivity contribution in [2.75, 3.05) is 0 Å². The zero-order valence-electron chi connectivity index (χ0n) is 22.6. The molecule has 1 heterocycles. The molecule has 39 heavy (non-hydrogen) atoms. The Labute approximate surface area is 226 Å². The number of para-hydroxylation sites is 1. The fraction of sp³-hybridized carbons (Fsp3) is 0.414. The number of aliphatic carboxylic acids is 1. The van der Waals surface area contributed by atoms with E-state index >= 15 is 0 Å². The Kier molecular flexibility index (Phi) is 9.81. The van der Waals surface area contributed by atoms with Gasteiger partial charge in [0.2, 0.25) is 11.8 Å². The van der Waals surface area contributed by atoms with Gasteiger partial charge in [0.25, 0.3) is 5.56 Å². The first-order valence-electron chi connectivity index (χ1n) is 13.1. The molecule has 1 aromatic heterocycles. The van der Waals surface area contributed by atoms with Gasteiger partial charge in [-0.25, -0.2) is 14.2 Å². The molecular formula is C29H36N4O6. The summed E-state index contributed by atoms with van der Waals surface area (Å²) in [4.78, 5) is 67.9. The number of hydrogen-bond acceptors (Lipinski definition) is 5. The molecule has 0 aliphatic carbocycles. The molecular weight excluding hydrogens is 500 g/mol. The van der Waals surface area contributed by atoms with Gasteiger partial charge in [-0.15, -0.1) is 0 Å². The van der Waals surface area contributed by atoms with Crippen LogP contribution in [0.25, 0.3) is 10.9 Å². The van der Waals surface area contributed by atoms with Gasteiger partial charge in [-0.1, -0.05) is 70.2 Å². The van der Waals surface area contributed by atoms with E-state index in [0.717, 1.165) is 4.57 Å². The molecule has 3 atom stereocenters. The van der Waals surface area contributed by atoms with E-state index in [2.05, 4.69) is 15.6 Å². The Bertz CT molecular complexity index is 1430. The minimum Gasteiger partial charge on any atom is -0.480 e. The number of amides is 2. The summed E-state index contributed by atoms with van der Waals surface area (Å²) in [6, 6.07) is 12.0. The summed E-state index contributed by atoms with van der Waals surface area (Å²) < 4.78 is 0.883. The quantitative estimate of drug-likeness (QED) is 0.279. The van der Waals surface area contributed by atoms with Gasteiger partial charge < -0.3 is 20.7 Å². The molecule has 0 aliphatic heterocycles. The van der Waals surface area contributed by atoms with Crippen molar-refractivity contribution in [3.05, 3.63) is 81.0 Å². The molecule has 4 N–H and O–H groups in total. The van der Waals surface area contributed by atoms with Crippen molar-refractivity contribution in [3.8, 4) is 0 Å². The number of carboxylic acid groups (broad SMARTS) is 1. The van der Waals surface area contributed by atoms with E-state index < -0.39 is 47.2 Å². The lowest BCUT2D eigenvalue weighted by molar-refractivity contribution is -0.142. The topological polar surface area (TPSA) is 150 Å². The highest BCUT2D eigenvalue weighted by Gasteiger charge is 2.32. The first-order chi connectivity index (χ1) is 18.5. The summed E-state index contributed by atoms with van der Waals surface area (Å²) in [7, 11) is 0. The smallest absolute Gasteiger partial charge is 0.329 e. The third-order valence-corrected chi connectivity index (χ3v) is 6.38. The summed E-state index contributed by atoms with van der Waals surface area (Å²) in [6.45, 7) is 7.44. The largest absolute Gasteiger partial charge is 0.480 e. The maximum Gasteiger partial charge on any atom is 0.329 e. The lowest BCUT2D eigenvalue weighted by atomic mass is 9.99. The number of carbonyl (C=O) groups excluding carboxylic acids is 2. The average Bonchev–Trinajstić information content (AvgIpc) is 2.87. The SMILES string of the molecule is CC(C)C[C@H](NC(=O)[C@H](CC(C)C)NC(=O)[C@H](Cc1ccccc1)n1c(=O)[nH]c2ccccc2c1=O)C(=O)O. The highest BCUT2D eigenvalue weighted by molar-refractivity contribution is 5.91. The van der Waals surface area contributed by atoms with Crippen LogP contribution in [-0.4, -0.2) is 44.5 Å². The van der Waals surface area contributed by atoms with Crippen molar-refractivity contribution < 1.29 is 19.5 Å². The Balaban J connectivity index is 2.00. The number of rotatable bonds is 12. The summed E-state index contributed by atoms with van der Waals surface area (Å²) >= 11 is 0. The maximum atomic E-state index is 13.8. The molecule has 0 aliphatic rings. The second-order valence-corrected chi connectivity index (χ2v) is 10.6. The van der Waals surface area contributed by atoms with Crippen molar-refractivity contribution in [1.29, 1.82) is 0 Å². The number of carboxylic acids is 1. The van der Waals surface area contributed by atoms with Crippen LogP contribution >= 0.6 is 0 Å². The second kappa shape index (κ2) is 13.0. The molecule has 208 valence electrons. The number of benzene rings is 2. The van der Waals surface area contributed by atoms with Crippen LogP contribution in [0, 0.1) is 11.8 Å². The highest BCUT2D eigenvalue weighted by atomic mass is 16.4. The molecule has 0 unspecified atom stereocenters. The molecule has 0 saturated carbocycles. The molecule has 10 heteroatoms.